The Morgan fingerprint density at radius 1 is 1.50 bits per heavy atom. The van der Waals surface area contributed by atoms with Crippen molar-refractivity contribution in [3.8, 4) is 0 Å². The smallest absolute Gasteiger partial charge is 0.250 e. The summed E-state index contributed by atoms with van der Waals surface area (Å²) in [7, 11) is 1.93. The lowest BCUT2D eigenvalue weighted by molar-refractivity contribution is 0.100. The van der Waals surface area contributed by atoms with Gasteiger partial charge in [-0.2, -0.15) is 11.8 Å². The lowest BCUT2D eigenvalue weighted by Crippen LogP contribution is -2.24. The molecular formula is C11H17N3OS. The SMILES string of the molecule is CSCCN(C)c1cc(N)ccc1C(N)=O. The van der Waals surface area contributed by atoms with E-state index in [9.17, 15) is 4.79 Å². The minimum atomic E-state index is -0.425. The number of carbonyl (C=O) groups excluding carboxylic acids is 1. The van der Waals surface area contributed by atoms with Gasteiger partial charge in [0.05, 0.1) is 11.3 Å². The third-order valence-electron chi connectivity index (χ3n) is 2.33. The zero-order chi connectivity index (χ0) is 12.1. The lowest BCUT2D eigenvalue weighted by Gasteiger charge is -2.21. The number of primary amides is 1. The van der Waals surface area contributed by atoms with Crippen molar-refractivity contribution in [1.82, 2.24) is 0 Å². The number of anilines is 2. The number of benzene rings is 1. The second kappa shape index (κ2) is 5.65. The summed E-state index contributed by atoms with van der Waals surface area (Å²) in [4.78, 5) is 13.3. The van der Waals surface area contributed by atoms with Crippen LogP contribution < -0.4 is 16.4 Å². The fraction of sp³-hybridized carbons (Fsp3) is 0.364. The summed E-state index contributed by atoms with van der Waals surface area (Å²) >= 11 is 1.75. The number of nitrogens with zero attached hydrogens (tertiary/aromatic N) is 1. The molecule has 88 valence electrons. The molecule has 0 bridgehead atoms. The molecular weight excluding hydrogens is 222 g/mol. The molecule has 0 spiro atoms. The van der Waals surface area contributed by atoms with Gasteiger partial charge in [0.1, 0.15) is 0 Å². The van der Waals surface area contributed by atoms with Gasteiger partial charge in [-0.1, -0.05) is 0 Å². The van der Waals surface area contributed by atoms with Crippen LogP contribution in [0.3, 0.4) is 0 Å². The maximum absolute atomic E-state index is 11.3. The van der Waals surface area contributed by atoms with E-state index in [2.05, 4.69) is 0 Å². The Bertz CT molecular complexity index is 381. The summed E-state index contributed by atoms with van der Waals surface area (Å²) in [5.74, 6) is 0.565. The average molecular weight is 239 g/mol. The molecule has 0 saturated heterocycles. The fourth-order valence-electron chi connectivity index (χ4n) is 1.42. The molecule has 0 fully saturated rings. The highest BCUT2D eigenvalue weighted by Gasteiger charge is 2.11. The lowest BCUT2D eigenvalue weighted by atomic mass is 10.1. The molecule has 0 heterocycles. The van der Waals surface area contributed by atoms with Gasteiger partial charge in [-0.3, -0.25) is 4.79 Å². The first kappa shape index (κ1) is 12.7. The number of nitrogens with two attached hydrogens (primary N) is 2. The number of hydrogen-bond donors (Lipinski definition) is 2. The first-order valence-corrected chi connectivity index (χ1v) is 6.35. The highest BCUT2D eigenvalue weighted by Crippen LogP contribution is 2.22. The minimum absolute atomic E-state index is 0.425. The molecule has 0 radical (unpaired) electrons. The van der Waals surface area contributed by atoms with Crippen molar-refractivity contribution in [2.75, 3.05) is 36.2 Å². The van der Waals surface area contributed by atoms with E-state index in [1.165, 1.54) is 0 Å². The number of amides is 1. The van der Waals surface area contributed by atoms with Crippen LogP contribution in [0.2, 0.25) is 0 Å². The molecule has 0 aromatic heterocycles. The van der Waals surface area contributed by atoms with Gasteiger partial charge in [0, 0.05) is 25.0 Å². The molecule has 0 saturated carbocycles. The van der Waals surface area contributed by atoms with Crippen molar-refractivity contribution < 1.29 is 4.79 Å². The Labute approximate surface area is 100.0 Å². The Balaban J connectivity index is 2.99. The Morgan fingerprint density at radius 2 is 2.19 bits per heavy atom. The zero-order valence-electron chi connectivity index (χ0n) is 9.56. The first-order valence-electron chi connectivity index (χ1n) is 4.95. The van der Waals surface area contributed by atoms with E-state index >= 15 is 0 Å². The predicted octanol–water partition coefficient (Wildman–Crippen LogP) is 1.17. The molecule has 0 aliphatic heterocycles. The van der Waals surface area contributed by atoms with Crippen LogP contribution in [0.25, 0.3) is 0 Å². The molecule has 4 nitrogen and oxygen atoms in total. The Morgan fingerprint density at radius 3 is 2.75 bits per heavy atom. The van der Waals surface area contributed by atoms with Gasteiger partial charge in [-0.15, -0.1) is 0 Å². The molecule has 0 aliphatic rings. The van der Waals surface area contributed by atoms with Gasteiger partial charge in [-0.25, -0.2) is 0 Å². The van der Waals surface area contributed by atoms with Gasteiger partial charge < -0.3 is 16.4 Å². The number of carbonyl (C=O) groups is 1. The maximum Gasteiger partial charge on any atom is 0.250 e. The molecule has 1 aromatic carbocycles. The van der Waals surface area contributed by atoms with Crippen molar-refractivity contribution in [1.29, 1.82) is 0 Å². The van der Waals surface area contributed by atoms with Gasteiger partial charge in [0.2, 0.25) is 0 Å². The van der Waals surface area contributed by atoms with Gasteiger partial charge in [-0.05, 0) is 24.5 Å². The molecule has 1 rings (SSSR count). The van der Waals surface area contributed by atoms with E-state index in [0.717, 1.165) is 18.0 Å². The van der Waals surface area contributed by atoms with Crippen LogP contribution >= 0.6 is 11.8 Å². The number of hydrogen-bond acceptors (Lipinski definition) is 4. The van der Waals surface area contributed by atoms with E-state index in [4.69, 9.17) is 11.5 Å². The van der Waals surface area contributed by atoms with Crippen LogP contribution in [0.15, 0.2) is 18.2 Å². The second-order valence-electron chi connectivity index (χ2n) is 3.56. The van der Waals surface area contributed by atoms with Crippen molar-refractivity contribution in [2.24, 2.45) is 5.73 Å². The largest absolute Gasteiger partial charge is 0.399 e. The van der Waals surface area contributed by atoms with Crippen molar-refractivity contribution in [3.05, 3.63) is 23.8 Å². The molecule has 0 unspecified atom stereocenters. The van der Waals surface area contributed by atoms with E-state index in [-0.39, 0.29) is 0 Å². The average Bonchev–Trinajstić information content (AvgIpc) is 2.25. The second-order valence-corrected chi connectivity index (χ2v) is 4.54. The van der Waals surface area contributed by atoms with Crippen LogP contribution in [0.1, 0.15) is 10.4 Å². The monoisotopic (exact) mass is 239 g/mol. The van der Waals surface area contributed by atoms with Gasteiger partial charge in [0.15, 0.2) is 0 Å². The van der Waals surface area contributed by atoms with E-state index < -0.39 is 5.91 Å². The van der Waals surface area contributed by atoms with Crippen molar-refractivity contribution in [2.45, 2.75) is 0 Å². The molecule has 0 atom stereocenters. The summed E-state index contributed by atoms with van der Waals surface area (Å²) in [5.41, 5.74) is 13.0. The Kier molecular flexibility index (Phi) is 4.49. The third-order valence-corrected chi connectivity index (χ3v) is 2.92. The molecule has 0 aliphatic carbocycles. The summed E-state index contributed by atoms with van der Waals surface area (Å²) in [6, 6.07) is 5.13. The number of thioether (sulfide) groups is 1. The molecule has 5 heteroatoms. The molecule has 16 heavy (non-hydrogen) atoms. The van der Waals surface area contributed by atoms with Crippen molar-refractivity contribution >= 4 is 29.0 Å². The first-order chi connectivity index (χ1) is 7.56. The predicted molar refractivity (Wildman–Crippen MR) is 71.0 cm³/mol. The summed E-state index contributed by atoms with van der Waals surface area (Å²) in [6.07, 6.45) is 2.04. The van der Waals surface area contributed by atoms with Gasteiger partial charge in [0.25, 0.3) is 5.91 Å². The van der Waals surface area contributed by atoms with Gasteiger partial charge >= 0.3 is 0 Å². The van der Waals surface area contributed by atoms with Crippen molar-refractivity contribution in [3.63, 3.8) is 0 Å². The zero-order valence-corrected chi connectivity index (χ0v) is 10.4. The van der Waals surface area contributed by atoms with Crippen LogP contribution in [0, 0.1) is 0 Å². The number of nitrogen functional groups attached to an aromatic ring is 1. The third kappa shape index (κ3) is 3.06. The van der Waals surface area contributed by atoms with E-state index in [1.54, 1.807) is 30.0 Å². The fourth-order valence-corrected chi connectivity index (χ4v) is 1.88. The molecule has 4 N–H and O–H groups in total. The van der Waals surface area contributed by atoms with Crippen LogP contribution in [-0.4, -0.2) is 31.5 Å². The van der Waals surface area contributed by atoms with Crippen LogP contribution in [0.4, 0.5) is 11.4 Å². The van der Waals surface area contributed by atoms with E-state index in [0.29, 0.717) is 11.3 Å². The quantitative estimate of drug-likeness (QED) is 0.756. The highest BCUT2D eigenvalue weighted by molar-refractivity contribution is 7.98. The molecule has 1 amide bonds. The summed E-state index contributed by atoms with van der Waals surface area (Å²) < 4.78 is 0. The molecule has 1 aromatic rings. The topological polar surface area (TPSA) is 72.3 Å². The maximum atomic E-state index is 11.3. The minimum Gasteiger partial charge on any atom is -0.399 e. The standard InChI is InChI=1S/C11H17N3OS/c1-14(5-6-16-2)10-7-8(12)3-4-9(10)11(13)15/h3-4,7H,5-6,12H2,1-2H3,(H2,13,15). The van der Waals surface area contributed by atoms with E-state index in [1.807, 2.05) is 18.2 Å². The summed E-state index contributed by atoms with van der Waals surface area (Å²) in [6.45, 7) is 0.852. The number of rotatable bonds is 5. The Hall–Kier alpha value is -1.36. The van der Waals surface area contributed by atoms with Crippen LogP contribution in [-0.2, 0) is 0 Å². The normalized spacial score (nSPS) is 10.1. The van der Waals surface area contributed by atoms with Crippen LogP contribution in [0.5, 0.6) is 0 Å². The summed E-state index contributed by atoms with van der Waals surface area (Å²) in [5, 5.41) is 0. The highest BCUT2D eigenvalue weighted by atomic mass is 32.2.